The van der Waals surface area contributed by atoms with E-state index in [1.807, 2.05) is 19.1 Å². The second kappa shape index (κ2) is 6.68. The van der Waals surface area contributed by atoms with Gasteiger partial charge in [-0.05, 0) is 49.8 Å². The number of anilines is 2. The summed E-state index contributed by atoms with van der Waals surface area (Å²) in [7, 11) is 0. The number of allylic oxidation sites excluding steroid dienone is 2. The van der Waals surface area contributed by atoms with Gasteiger partial charge in [0.2, 0.25) is 0 Å². The third-order valence-electron chi connectivity index (χ3n) is 6.27. The van der Waals surface area contributed by atoms with Gasteiger partial charge in [-0.15, -0.1) is 0 Å². The molecule has 5 nitrogen and oxygen atoms in total. The summed E-state index contributed by atoms with van der Waals surface area (Å²) >= 11 is 0. The van der Waals surface area contributed by atoms with E-state index in [2.05, 4.69) is 16.5 Å². The van der Waals surface area contributed by atoms with Crippen LogP contribution in [0.2, 0.25) is 0 Å². The van der Waals surface area contributed by atoms with E-state index >= 15 is 0 Å². The number of nitrogens with one attached hydrogen (secondary N) is 1. The van der Waals surface area contributed by atoms with Crippen molar-refractivity contribution in [2.24, 2.45) is 5.92 Å². The molecule has 2 unspecified atom stereocenters. The van der Waals surface area contributed by atoms with Crippen LogP contribution in [0.15, 0.2) is 35.7 Å². The zero-order valence-electron chi connectivity index (χ0n) is 16.6. The first-order valence-corrected chi connectivity index (χ1v) is 10.2. The highest BCUT2D eigenvalue weighted by Crippen LogP contribution is 2.45. The number of benzene rings is 1. The number of aromatic nitrogens is 2. The summed E-state index contributed by atoms with van der Waals surface area (Å²) < 4.78 is 29.1. The number of rotatable bonds is 2. The lowest BCUT2D eigenvalue weighted by molar-refractivity contribution is 0.0540. The first kappa shape index (κ1) is 18.3. The van der Waals surface area contributed by atoms with Crippen LogP contribution in [0, 0.1) is 12.8 Å². The van der Waals surface area contributed by atoms with Crippen LogP contribution in [0.1, 0.15) is 53.7 Å². The molecule has 3 heterocycles. The van der Waals surface area contributed by atoms with Gasteiger partial charge < -0.3 is 10.2 Å². The van der Waals surface area contributed by atoms with Crippen LogP contribution in [0.5, 0.6) is 0 Å². The average molecular weight is 398 g/mol. The van der Waals surface area contributed by atoms with Crippen molar-refractivity contribution in [3.05, 3.63) is 52.4 Å². The van der Waals surface area contributed by atoms with Gasteiger partial charge in [-0.25, -0.2) is 13.5 Å². The summed E-state index contributed by atoms with van der Waals surface area (Å²) in [5.74, 6) is -0.153. The molecule has 5 rings (SSSR count). The standard InChI is InChI=1S/C22H24F2N4O/c1-12-5-8-17-15(10-12)4-3-9-27(17)22(29)16-11-25-28-19(20(23)24)13(2)18(14-6-7-14)26-21(16)28/h5,8,10-11,13,19-20,26H,3-4,6-7,9H2,1-2H3. The SMILES string of the molecule is Cc1ccc2c(c1)CCCN2C(=O)c1cnn2c1NC(=C1CC1)C(C)C2C(F)F. The molecule has 0 spiro atoms. The number of hydrogen-bond donors (Lipinski definition) is 1. The summed E-state index contributed by atoms with van der Waals surface area (Å²) in [6.07, 6.45) is 2.56. The Morgan fingerprint density at radius 1 is 1.28 bits per heavy atom. The lowest BCUT2D eigenvalue weighted by Crippen LogP contribution is -2.37. The van der Waals surface area contributed by atoms with Crippen LogP contribution < -0.4 is 10.2 Å². The molecule has 29 heavy (non-hydrogen) atoms. The molecule has 1 aliphatic carbocycles. The first-order chi connectivity index (χ1) is 14.0. The largest absolute Gasteiger partial charge is 0.343 e. The Labute approximate surface area is 168 Å². The van der Waals surface area contributed by atoms with E-state index in [0.29, 0.717) is 17.9 Å². The van der Waals surface area contributed by atoms with Gasteiger partial charge in [0.25, 0.3) is 12.3 Å². The molecule has 2 aliphatic heterocycles. The van der Waals surface area contributed by atoms with Gasteiger partial charge in [0.15, 0.2) is 0 Å². The molecule has 1 aromatic carbocycles. The van der Waals surface area contributed by atoms with E-state index in [9.17, 15) is 13.6 Å². The minimum atomic E-state index is -2.55. The molecule has 0 saturated heterocycles. The Morgan fingerprint density at radius 2 is 2.07 bits per heavy atom. The molecule has 1 fully saturated rings. The van der Waals surface area contributed by atoms with E-state index in [1.54, 1.807) is 11.8 Å². The van der Waals surface area contributed by atoms with Crippen LogP contribution in [0.4, 0.5) is 20.3 Å². The van der Waals surface area contributed by atoms with Gasteiger partial charge >= 0.3 is 0 Å². The minimum Gasteiger partial charge on any atom is -0.343 e. The van der Waals surface area contributed by atoms with E-state index in [0.717, 1.165) is 48.2 Å². The number of hydrogen-bond acceptors (Lipinski definition) is 3. The number of fused-ring (bicyclic) bond motifs is 2. The van der Waals surface area contributed by atoms with Gasteiger partial charge in [0.05, 0.1) is 6.20 Å². The number of carbonyl (C=O) groups is 1. The molecular formula is C22H24F2N4O. The molecule has 2 aromatic rings. The molecule has 7 heteroatoms. The highest BCUT2D eigenvalue weighted by Gasteiger charge is 2.41. The van der Waals surface area contributed by atoms with Gasteiger partial charge in [-0.2, -0.15) is 5.10 Å². The highest BCUT2D eigenvalue weighted by molar-refractivity contribution is 6.09. The number of halogens is 2. The molecular weight excluding hydrogens is 374 g/mol. The van der Waals surface area contributed by atoms with Gasteiger partial charge in [0.1, 0.15) is 17.4 Å². The third kappa shape index (κ3) is 2.94. The maximum absolute atomic E-state index is 13.9. The van der Waals surface area contributed by atoms with Crippen molar-refractivity contribution >= 4 is 17.4 Å². The fourth-order valence-corrected chi connectivity index (χ4v) is 4.64. The van der Waals surface area contributed by atoms with Gasteiger partial charge in [-0.1, -0.05) is 24.6 Å². The molecule has 1 N–H and O–H groups in total. The Kier molecular flexibility index (Phi) is 4.22. The summed E-state index contributed by atoms with van der Waals surface area (Å²) in [6.45, 7) is 4.46. The topological polar surface area (TPSA) is 50.2 Å². The zero-order chi connectivity index (χ0) is 20.3. The van der Waals surface area contributed by atoms with Gasteiger partial charge in [-0.3, -0.25) is 4.79 Å². The fourth-order valence-electron chi connectivity index (χ4n) is 4.64. The molecule has 1 amide bonds. The van der Waals surface area contributed by atoms with Crippen molar-refractivity contribution in [1.82, 2.24) is 9.78 Å². The average Bonchev–Trinajstić information content (AvgIpc) is 3.45. The maximum atomic E-state index is 13.9. The summed E-state index contributed by atoms with van der Waals surface area (Å²) in [5, 5.41) is 7.51. The fraction of sp³-hybridized carbons (Fsp3) is 0.455. The predicted octanol–water partition coefficient (Wildman–Crippen LogP) is 4.70. The lowest BCUT2D eigenvalue weighted by Gasteiger charge is -2.34. The number of aryl methyl sites for hydroxylation is 2. The van der Waals surface area contributed by atoms with Crippen molar-refractivity contribution in [3.8, 4) is 0 Å². The Hall–Kier alpha value is -2.70. The smallest absolute Gasteiger partial charge is 0.263 e. The summed E-state index contributed by atoms with van der Waals surface area (Å²) in [5.41, 5.74) is 5.59. The Morgan fingerprint density at radius 3 is 2.79 bits per heavy atom. The quantitative estimate of drug-likeness (QED) is 0.798. The van der Waals surface area contributed by atoms with Crippen molar-refractivity contribution in [1.29, 1.82) is 0 Å². The van der Waals surface area contributed by atoms with Crippen molar-refractivity contribution < 1.29 is 13.6 Å². The number of carbonyl (C=O) groups excluding carboxylic acids is 1. The van der Waals surface area contributed by atoms with Crippen LogP contribution in [0.3, 0.4) is 0 Å². The summed E-state index contributed by atoms with van der Waals surface area (Å²) in [4.78, 5) is 15.2. The molecule has 152 valence electrons. The van der Waals surface area contributed by atoms with Crippen molar-refractivity contribution in [2.75, 3.05) is 16.8 Å². The minimum absolute atomic E-state index is 0.189. The summed E-state index contributed by atoms with van der Waals surface area (Å²) in [6, 6.07) is 5.03. The molecule has 0 bridgehead atoms. The van der Waals surface area contributed by atoms with E-state index in [-0.39, 0.29) is 11.8 Å². The maximum Gasteiger partial charge on any atom is 0.263 e. The highest BCUT2D eigenvalue weighted by atomic mass is 19.3. The molecule has 1 saturated carbocycles. The Balaban J connectivity index is 1.56. The molecule has 1 aromatic heterocycles. The second-order valence-corrected chi connectivity index (χ2v) is 8.30. The second-order valence-electron chi connectivity index (χ2n) is 8.30. The molecule has 3 aliphatic rings. The van der Waals surface area contributed by atoms with Crippen molar-refractivity contribution in [3.63, 3.8) is 0 Å². The number of amides is 1. The van der Waals surface area contributed by atoms with Crippen LogP contribution >= 0.6 is 0 Å². The molecule has 2 atom stereocenters. The number of alkyl halides is 2. The van der Waals surface area contributed by atoms with E-state index in [1.165, 1.54) is 16.5 Å². The lowest BCUT2D eigenvalue weighted by atomic mass is 9.95. The van der Waals surface area contributed by atoms with E-state index < -0.39 is 12.5 Å². The first-order valence-electron chi connectivity index (χ1n) is 10.2. The monoisotopic (exact) mass is 398 g/mol. The zero-order valence-corrected chi connectivity index (χ0v) is 16.6. The van der Waals surface area contributed by atoms with Crippen LogP contribution in [-0.2, 0) is 6.42 Å². The van der Waals surface area contributed by atoms with Crippen molar-refractivity contribution in [2.45, 2.75) is 52.0 Å². The molecule has 0 radical (unpaired) electrons. The number of nitrogens with zero attached hydrogens (tertiary/aromatic N) is 3. The van der Waals surface area contributed by atoms with Crippen LogP contribution in [0.25, 0.3) is 0 Å². The Bertz CT molecular complexity index is 1020. The predicted molar refractivity (Wildman–Crippen MR) is 107 cm³/mol. The van der Waals surface area contributed by atoms with Crippen LogP contribution in [-0.4, -0.2) is 28.7 Å². The normalized spacial score (nSPS) is 23.0. The third-order valence-corrected chi connectivity index (χ3v) is 6.27. The van der Waals surface area contributed by atoms with Gasteiger partial charge in [0, 0.05) is 23.8 Å². The van der Waals surface area contributed by atoms with E-state index in [4.69, 9.17) is 0 Å².